The van der Waals surface area contributed by atoms with Gasteiger partial charge in [0.05, 0.1) is 31.4 Å². The van der Waals surface area contributed by atoms with Crippen LogP contribution in [0.15, 0.2) is 0 Å². The Morgan fingerprint density at radius 3 is 2.38 bits per heavy atom. The Kier molecular flexibility index (Phi) is 12.9. The third-order valence-corrected chi connectivity index (χ3v) is 5.49. The number of hydrogen-bond acceptors (Lipinski definition) is 11. The SMILES string of the molecule is CCCCOC(=O)[C@@H](CCC(N)=O)N(CC(C)O[C@@H]1[C@@H](N)[C@@H](O)O[C@H](CO)[C@H]1O)C(=O)[C@H](C)N. The van der Waals surface area contributed by atoms with E-state index >= 15 is 0 Å². The van der Waals surface area contributed by atoms with Crippen LogP contribution in [0.3, 0.4) is 0 Å². The Morgan fingerprint density at radius 1 is 1.21 bits per heavy atom. The number of aliphatic hydroxyl groups is 3. The highest BCUT2D eigenvalue weighted by Crippen LogP contribution is 2.23. The molecular formula is C21H40N4O9. The lowest BCUT2D eigenvalue weighted by Crippen LogP contribution is -2.63. The van der Waals surface area contributed by atoms with E-state index in [9.17, 15) is 29.7 Å². The number of nitrogens with two attached hydrogens (primary N) is 3. The highest BCUT2D eigenvalue weighted by atomic mass is 16.6. The number of esters is 1. The van der Waals surface area contributed by atoms with Crippen LogP contribution in [0.4, 0.5) is 0 Å². The lowest BCUT2D eigenvalue weighted by atomic mass is 9.97. The molecule has 1 aliphatic heterocycles. The summed E-state index contributed by atoms with van der Waals surface area (Å²) >= 11 is 0. The van der Waals surface area contributed by atoms with Crippen LogP contribution in [0.1, 0.15) is 46.5 Å². The maximum Gasteiger partial charge on any atom is 0.328 e. The molecular weight excluding hydrogens is 452 g/mol. The van der Waals surface area contributed by atoms with Crippen LogP contribution in [0.5, 0.6) is 0 Å². The number of aliphatic hydroxyl groups excluding tert-OH is 3. The fourth-order valence-corrected chi connectivity index (χ4v) is 3.59. The van der Waals surface area contributed by atoms with Gasteiger partial charge in [-0.1, -0.05) is 13.3 Å². The van der Waals surface area contributed by atoms with Gasteiger partial charge in [0.25, 0.3) is 0 Å². The molecule has 34 heavy (non-hydrogen) atoms. The number of carbonyl (C=O) groups is 3. The number of amides is 2. The predicted molar refractivity (Wildman–Crippen MR) is 120 cm³/mol. The van der Waals surface area contributed by atoms with Crippen LogP contribution in [0, 0.1) is 0 Å². The van der Waals surface area contributed by atoms with Crippen molar-refractivity contribution in [1.82, 2.24) is 4.90 Å². The smallest absolute Gasteiger partial charge is 0.328 e. The third-order valence-electron chi connectivity index (χ3n) is 5.49. The first kappa shape index (κ1) is 30.2. The maximum atomic E-state index is 12.9. The zero-order chi connectivity index (χ0) is 26.0. The van der Waals surface area contributed by atoms with E-state index in [0.29, 0.717) is 6.42 Å². The van der Waals surface area contributed by atoms with E-state index < -0.39 is 73.2 Å². The largest absolute Gasteiger partial charge is 0.464 e. The summed E-state index contributed by atoms with van der Waals surface area (Å²) in [5.41, 5.74) is 17.0. The number of carbonyl (C=O) groups excluding carboxylic acids is 3. The molecule has 0 radical (unpaired) electrons. The Bertz CT molecular complexity index is 666. The molecule has 0 spiro atoms. The van der Waals surface area contributed by atoms with E-state index in [1.54, 1.807) is 6.92 Å². The van der Waals surface area contributed by atoms with Crippen molar-refractivity contribution in [2.45, 2.75) is 95.3 Å². The van der Waals surface area contributed by atoms with Gasteiger partial charge >= 0.3 is 5.97 Å². The zero-order valence-electron chi connectivity index (χ0n) is 20.0. The van der Waals surface area contributed by atoms with Gasteiger partial charge in [0.1, 0.15) is 24.4 Å². The second-order valence-corrected chi connectivity index (χ2v) is 8.55. The monoisotopic (exact) mass is 492 g/mol. The van der Waals surface area contributed by atoms with E-state index in [1.165, 1.54) is 11.8 Å². The van der Waals surface area contributed by atoms with Crippen LogP contribution in [-0.4, -0.2) is 107 Å². The summed E-state index contributed by atoms with van der Waals surface area (Å²) < 4.78 is 16.2. The van der Waals surface area contributed by atoms with Crippen molar-refractivity contribution < 1.29 is 43.9 Å². The van der Waals surface area contributed by atoms with Gasteiger partial charge in [-0.05, 0) is 26.7 Å². The van der Waals surface area contributed by atoms with E-state index in [-0.39, 0.29) is 26.0 Å². The van der Waals surface area contributed by atoms with E-state index in [2.05, 4.69) is 0 Å². The van der Waals surface area contributed by atoms with Gasteiger partial charge in [-0.3, -0.25) is 9.59 Å². The summed E-state index contributed by atoms with van der Waals surface area (Å²) in [6.45, 7) is 4.37. The number of nitrogens with zero attached hydrogens (tertiary/aromatic N) is 1. The second-order valence-electron chi connectivity index (χ2n) is 8.55. The number of primary amides is 1. The molecule has 1 aliphatic rings. The Balaban J connectivity index is 3.09. The summed E-state index contributed by atoms with van der Waals surface area (Å²) in [6.07, 6.45) is -4.73. The molecule has 0 aromatic heterocycles. The first-order valence-electron chi connectivity index (χ1n) is 11.5. The molecule has 0 aromatic carbocycles. The summed E-state index contributed by atoms with van der Waals surface area (Å²) in [7, 11) is 0. The molecule has 0 aliphatic carbocycles. The Labute approximate surface area is 199 Å². The van der Waals surface area contributed by atoms with Crippen LogP contribution >= 0.6 is 0 Å². The van der Waals surface area contributed by atoms with Crippen molar-refractivity contribution in [3.05, 3.63) is 0 Å². The van der Waals surface area contributed by atoms with Crippen molar-refractivity contribution in [3.8, 4) is 0 Å². The van der Waals surface area contributed by atoms with Gasteiger partial charge in [0.15, 0.2) is 6.29 Å². The lowest BCUT2D eigenvalue weighted by molar-refractivity contribution is -0.263. The first-order valence-corrected chi connectivity index (χ1v) is 11.5. The summed E-state index contributed by atoms with van der Waals surface area (Å²) in [4.78, 5) is 38.3. The van der Waals surface area contributed by atoms with Crippen molar-refractivity contribution in [1.29, 1.82) is 0 Å². The molecule has 2 amide bonds. The van der Waals surface area contributed by atoms with Crippen LogP contribution in [0.2, 0.25) is 0 Å². The minimum atomic E-state index is -1.49. The molecule has 0 aromatic rings. The van der Waals surface area contributed by atoms with Crippen LogP contribution in [-0.2, 0) is 28.6 Å². The molecule has 1 fully saturated rings. The third kappa shape index (κ3) is 8.73. The van der Waals surface area contributed by atoms with Gasteiger partial charge in [-0.2, -0.15) is 0 Å². The quantitative estimate of drug-likeness (QED) is 0.108. The fraction of sp³-hybridized carbons (Fsp3) is 0.857. The Morgan fingerprint density at radius 2 is 1.85 bits per heavy atom. The van der Waals surface area contributed by atoms with Crippen molar-refractivity contribution in [3.63, 3.8) is 0 Å². The average Bonchev–Trinajstić information content (AvgIpc) is 2.77. The summed E-state index contributed by atoms with van der Waals surface area (Å²) in [6, 6.07) is -3.25. The van der Waals surface area contributed by atoms with E-state index in [1.807, 2.05) is 6.92 Å². The predicted octanol–water partition coefficient (Wildman–Crippen LogP) is -2.69. The van der Waals surface area contributed by atoms with Gasteiger partial charge in [0, 0.05) is 13.0 Å². The van der Waals surface area contributed by atoms with Gasteiger partial charge in [-0.25, -0.2) is 4.79 Å². The number of unbranched alkanes of at least 4 members (excludes halogenated alkanes) is 1. The van der Waals surface area contributed by atoms with E-state index in [4.69, 9.17) is 31.4 Å². The molecule has 198 valence electrons. The fourth-order valence-electron chi connectivity index (χ4n) is 3.59. The standard InChI is InChI=1S/C21H40N4O9/c1-4-5-8-32-20(30)13(6-7-15(23)27)25(19(29)12(3)22)9-11(2)33-18-16(24)21(31)34-14(10-26)17(18)28/h11-14,16-18,21,26,28,31H,4-10,22,24H2,1-3H3,(H2,23,27)/t11?,12-,13+,14+,16+,17+,18+,21-/m0/s1. The average molecular weight is 493 g/mol. The molecule has 13 nitrogen and oxygen atoms in total. The molecule has 0 saturated carbocycles. The highest BCUT2D eigenvalue weighted by molar-refractivity contribution is 5.87. The molecule has 1 unspecified atom stereocenters. The van der Waals surface area contributed by atoms with Gasteiger partial charge in [0.2, 0.25) is 11.8 Å². The molecule has 8 atom stereocenters. The molecule has 13 heteroatoms. The Hall–Kier alpha value is -1.87. The molecule has 0 bridgehead atoms. The molecule has 1 saturated heterocycles. The minimum Gasteiger partial charge on any atom is -0.464 e. The maximum absolute atomic E-state index is 12.9. The molecule has 1 heterocycles. The summed E-state index contributed by atoms with van der Waals surface area (Å²) in [5, 5.41) is 29.8. The molecule has 9 N–H and O–H groups in total. The van der Waals surface area contributed by atoms with Crippen molar-refractivity contribution in [2.75, 3.05) is 19.8 Å². The molecule has 1 rings (SSSR count). The van der Waals surface area contributed by atoms with Crippen molar-refractivity contribution >= 4 is 17.8 Å². The van der Waals surface area contributed by atoms with Gasteiger partial charge < -0.3 is 51.6 Å². The summed E-state index contributed by atoms with van der Waals surface area (Å²) in [5.74, 6) is -1.93. The first-order chi connectivity index (χ1) is 15.9. The van der Waals surface area contributed by atoms with E-state index in [0.717, 1.165) is 6.42 Å². The number of ether oxygens (including phenoxy) is 3. The highest BCUT2D eigenvalue weighted by Gasteiger charge is 2.44. The minimum absolute atomic E-state index is 0.0732. The number of rotatable bonds is 14. The lowest BCUT2D eigenvalue weighted by Gasteiger charge is -2.42. The van der Waals surface area contributed by atoms with Crippen LogP contribution in [0.25, 0.3) is 0 Å². The van der Waals surface area contributed by atoms with Crippen LogP contribution < -0.4 is 17.2 Å². The zero-order valence-corrected chi connectivity index (χ0v) is 20.0. The van der Waals surface area contributed by atoms with Gasteiger partial charge in [-0.15, -0.1) is 0 Å². The topological polar surface area (TPSA) is 221 Å². The van der Waals surface area contributed by atoms with Crippen molar-refractivity contribution in [2.24, 2.45) is 17.2 Å². The number of hydrogen-bond donors (Lipinski definition) is 6. The normalized spacial score (nSPS) is 27.5. The second kappa shape index (κ2) is 14.5.